The fourth-order valence-electron chi connectivity index (χ4n) is 3.45. The SMILES string of the molecule is CCN(CC)[C@H]1C(=O)Nc2ccc(Br)cc2[C@H]1c1ccccc1. The molecule has 120 valence electrons. The Bertz CT molecular complexity index is 698. The van der Waals surface area contributed by atoms with Gasteiger partial charge in [0.15, 0.2) is 0 Å². The molecular weight excluding hydrogens is 352 g/mol. The Hall–Kier alpha value is -1.65. The minimum Gasteiger partial charge on any atom is -0.324 e. The number of benzene rings is 2. The van der Waals surface area contributed by atoms with Crippen molar-refractivity contribution in [2.75, 3.05) is 18.4 Å². The van der Waals surface area contributed by atoms with Crippen molar-refractivity contribution in [2.24, 2.45) is 0 Å². The summed E-state index contributed by atoms with van der Waals surface area (Å²) in [5.41, 5.74) is 3.26. The summed E-state index contributed by atoms with van der Waals surface area (Å²) in [5.74, 6) is 0.120. The normalized spacial score (nSPS) is 20.3. The number of amides is 1. The lowest BCUT2D eigenvalue weighted by Crippen LogP contribution is -2.50. The average molecular weight is 373 g/mol. The summed E-state index contributed by atoms with van der Waals surface area (Å²) in [5, 5.41) is 3.08. The molecule has 1 N–H and O–H groups in total. The van der Waals surface area contributed by atoms with E-state index in [0.717, 1.165) is 23.2 Å². The monoisotopic (exact) mass is 372 g/mol. The van der Waals surface area contributed by atoms with E-state index in [2.05, 4.69) is 58.2 Å². The van der Waals surface area contributed by atoms with Crippen LogP contribution in [-0.2, 0) is 4.79 Å². The first-order valence-corrected chi connectivity index (χ1v) is 8.84. The van der Waals surface area contributed by atoms with Gasteiger partial charge in [0.25, 0.3) is 0 Å². The molecule has 0 aromatic heterocycles. The minimum atomic E-state index is -0.186. The molecule has 4 heteroatoms. The van der Waals surface area contributed by atoms with Gasteiger partial charge in [0.2, 0.25) is 5.91 Å². The van der Waals surface area contributed by atoms with Crippen LogP contribution in [0.5, 0.6) is 0 Å². The Labute approximate surface area is 145 Å². The van der Waals surface area contributed by atoms with Gasteiger partial charge in [-0.15, -0.1) is 0 Å². The summed E-state index contributed by atoms with van der Waals surface area (Å²) in [4.78, 5) is 15.1. The van der Waals surface area contributed by atoms with E-state index in [1.54, 1.807) is 0 Å². The number of hydrogen-bond acceptors (Lipinski definition) is 2. The molecule has 1 heterocycles. The standard InChI is InChI=1S/C19H21BrN2O/c1-3-22(4-2)18-17(13-8-6-5-7-9-13)15-12-14(20)10-11-16(15)21-19(18)23/h5-12,17-18H,3-4H2,1-2H3,(H,21,23)/t17-,18-/m1/s1. The molecule has 1 aliphatic rings. The molecule has 0 spiro atoms. The van der Waals surface area contributed by atoms with Gasteiger partial charge in [-0.25, -0.2) is 0 Å². The van der Waals surface area contributed by atoms with E-state index in [4.69, 9.17) is 0 Å². The van der Waals surface area contributed by atoms with Crippen LogP contribution in [0.4, 0.5) is 5.69 Å². The van der Waals surface area contributed by atoms with Crippen LogP contribution in [-0.4, -0.2) is 29.9 Å². The quantitative estimate of drug-likeness (QED) is 0.869. The van der Waals surface area contributed by atoms with Crippen molar-refractivity contribution in [3.8, 4) is 0 Å². The Morgan fingerprint density at radius 1 is 1.09 bits per heavy atom. The molecule has 0 aliphatic carbocycles. The molecule has 2 aromatic rings. The second kappa shape index (κ2) is 6.85. The Balaban J connectivity index is 2.17. The van der Waals surface area contributed by atoms with E-state index in [1.165, 1.54) is 11.1 Å². The number of carbonyl (C=O) groups is 1. The highest BCUT2D eigenvalue weighted by molar-refractivity contribution is 9.10. The van der Waals surface area contributed by atoms with E-state index in [1.807, 2.05) is 30.3 Å². The van der Waals surface area contributed by atoms with E-state index >= 15 is 0 Å². The van der Waals surface area contributed by atoms with Gasteiger partial charge in [-0.3, -0.25) is 9.69 Å². The van der Waals surface area contributed by atoms with Gasteiger partial charge >= 0.3 is 0 Å². The van der Waals surface area contributed by atoms with Gasteiger partial charge in [0.05, 0.1) is 0 Å². The van der Waals surface area contributed by atoms with E-state index in [9.17, 15) is 4.79 Å². The zero-order valence-electron chi connectivity index (χ0n) is 13.4. The topological polar surface area (TPSA) is 32.3 Å². The van der Waals surface area contributed by atoms with Crippen LogP contribution in [0.25, 0.3) is 0 Å². The van der Waals surface area contributed by atoms with Crippen molar-refractivity contribution in [3.05, 3.63) is 64.1 Å². The molecule has 0 radical (unpaired) electrons. The molecular formula is C19H21BrN2O. The number of rotatable bonds is 4. The van der Waals surface area contributed by atoms with Crippen molar-refractivity contribution < 1.29 is 4.79 Å². The average Bonchev–Trinajstić information content (AvgIpc) is 2.57. The van der Waals surface area contributed by atoms with Crippen molar-refractivity contribution in [2.45, 2.75) is 25.8 Å². The zero-order chi connectivity index (χ0) is 16.4. The fourth-order valence-corrected chi connectivity index (χ4v) is 3.83. The van der Waals surface area contributed by atoms with Gasteiger partial charge in [0, 0.05) is 16.1 Å². The molecule has 0 fully saturated rings. The number of anilines is 1. The molecule has 23 heavy (non-hydrogen) atoms. The van der Waals surface area contributed by atoms with Gasteiger partial charge in [-0.05, 0) is 42.4 Å². The van der Waals surface area contributed by atoms with E-state index in [-0.39, 0.29) is 17.9 Å². The zero-order valence-corrected chi connectivity index (χ0v) is 15.0. The van der Waals surface area contributed by atoms with Crippen LogP contribution in [0.15, 0.2) is 53.0 Å². The maximum atomic E-state index is 12.8. The molecule has 2 atom stereocenters. The number of hydrogen-bond donors (Lipinski definition) is 1. The number of likely N-dealkylation sites (N-methyl/N-ethyl adjacent to an activating group) is 1. The third-order valence-corrected chi connectivity index (χ3v) is 5.05. The van der Waals surface area contributed by atoms with E-state index < -0.39 is 0 Å². The largest absolute Gasteiger partial charge is 0.324 e. The highest BCUT2D eigenvalue weighted by Crippen LogP contribution is 2.40. The lowest BCUT2D eigenvalue weighted by Gasteiger charge is -2.39. The van der Waals surface area contributed by atoms with Gasteiger partial charge in [-0.1, -0.05) is 60.1 Å². The summed E-state index contributed by atoms with van der Waals surface area (Å²) in [6.07, 6.45) is 0. The number of carbonyl (C=O) groups excluding carboxylic acids is 1. The number of fused-ring (bicyclic) bond motifs is 1. The van der Waals surface area contributed by atoms with Crippen molar-refractivity contribution in [1.82, 2.24) is 4.90 Å². The van der Waals surface area contributed by atoms with Crippen molar-refractivity contribution in [3.63, 3.8) is 0 Å². The summed E-state index contributed by atoms with van der Waals surface area (Å²) in [7, 11) is 0. The highest BCUT2D eigenvalue weighted by atomic mass is 79.9. The predicted molar refractivity (Wildman–Crippen MR) is 97.8 cm³/mol. The first-order valence-electron chi connectivity index (χ1n) is 8.05. The lowest BCUT2D eigenvalue weighted by molar-refractivity contribution is -0.122. The van der Waals surface area contributed by atoms with Gasteiger partial charge in [-0.2, -0.15) is 0 Å². The fraction of sp³-hybridized carbons (Fsp3) is 0.316. The second-order valence-electron chi connectivity index (χ2n) is 5.78. The maximum absolute atomic E-state index is 12.8. The molecule has 0 unspecified atom stereocenters. The first-order chi connectivity index (χ1) is 11.2. The minimum absolute atomic E-state index is 0.0392. The molecule has 3 rings (SSSR count). The Kier molecular flexibility index (Phi) is 4.83. The van der Waals surface area contributed by atoms with E-state index in [0.29, 0.717) is 0 Å². The van der Waals surface area contributed by atoms with Crippen molar-refractivity contribution >= 4 is 27.5 Å². The van der Waals surface area contributed by atoms with Crippen LogP contribution in [0.2, 0.25) is 0 Å². The van der Waals surface area contributed by atoms with Gasteiger partial charge < -0.3 is 5.32 Å². The maximum Gasteiger partial charge on any atom is 0.242 e. The molecule has 0 saturated heterocycles. The number of nitrogens with one attached hydrogen (secondary N) is 1. The van der Waals surface area contributed by atoms with Crippen LogP contribution < -0.4 is 5.32 Å². The smallest absolute Gasteiger partial charge is 0.242 e. The highest BCUT2D eigenvalue weighted by Gasteiger charge is 2.39. The molecule has 0 saturated carbocycles. The summed E-state index contributed by atoms with van der Waals surface area (Å²) >= 11 is 3.57. The molecule has 1 aliphatic heterocycles. The molecule has 1 amide bonds. The van der Waals surface area contributed by atoms with Crippen LogP contribution in [0.3, 0.4) is 0 Å². The molecule has 2 aromatic carbocycles. The van der Waals surface area contributed by atoms with Crippen LogP contribution in [0.1, 0.15) is 30.9 Å². The number of nitrogens with zero attached hydrogens (tertiary/aromatic N) is 1. The van der Waals surface area contributed by atoms with Gasteiger partial charge in [0.1, 0.15) is 6.04 Å². The van der Waals surface area contributed by atoms with Crippen molar-refractivity contribution in [1.29, 1.82) is 0 Å². The second-order valence-corrected chi connectivity index (χ2v) is 6.69. The third-order valence-electron chi connectivity index (χ3n) is 4.56. The predicted octanol–water partition coefficient (Wildman–Crippen LogP) is 4.24. The van der Waals surface area contributed by atoms with Crippen LogP contribution >= 0.6 is 15.9 Å². The summed E-state index contributed by atoms with van der Waals surface area (Å²) in [6.45, 7) is 5.91. The molecule has 0 bridgehead atoms. The third kappa shape index (κ3) is 3.06. The first kappa shape index (κ1) is 16.2. The Morgan fingerprint density at radius 3 is 2.43 bits per heavy atom. The molecule has 3 nitrogen and oxygen atoms in total. The van der Waals surface area contributed by atoms with Crippen LogP contribution in [0, 0.1) is 0 Å². The Morgan fingerprint density at radius 2 is 1.78 bits per heavy atom. The summed E-state index contributed by atoms with van der Waals surface area (Å²) < 4.78 is 1.03. The summed E-state index contributed by atoms with van der Waals surface area (Å²) in [6, 6.07) is 16.2. The number of halogens is 1. The lowest BCUT2D eigenvalue weighted by atomic mass is 9.80.